The van der Waals surface area contributed by atoms with Crippen molar-refractivity contribution in [2.75, 3.05) is 0 Å². The highest BCUT2D eigenvalue weighted by Crippen LogP contribution is 2.24. The maximum absolute atomic E-state index is 11.5. The Morgan fingerprint density at radius 1 is 1.31 bits per heavy atom. The highest BCUT2D eigenvalue weighted by Gasteiger charge is 2.44. The minimum atomic E-state index is -1.11. The molecule has 1 N–H and O–H groups in total. The summed E-state index contributed by atoms with van der Waals surface area (Å²) in [5.41, 5.74) is 0.0117. The average molecular weight is 214 g/mol. The molecule has 1 aromatic carbocycles. The van der Waals surface area contributed by atoms with Crippen molar-refractivity contribution in [1.82, 2.24) is 10.6 Å². The van der Waals surface area contributed by atoms with Gasteiger partial charge in [-0.3, -0.25) is 4.79 Å². The van der Waals surface area contributed by atoms with Crippen molar-refractivity contribution in [3.63, 3.8) is 0 Å². The second kappa shape index (κ2) is 3.35. The predicted octanol–water partition coefficient (Wildman–Crippen LogP) is 0.628. The van der Waals surface area contributed by atoms with E-state index in [1.54, 1.807) is 31.2 Å². The van der Waals surface area contributed by atoms with E-state index in [-0.39, 0.29) is 0 Å². The van der Waals surface area contributed by atoms with E-state index in [2.05, 4.69) is 10.6 Å². The summed E-state index contributed by atoms with van der Waals surface area (Å²) in [5.74, 6) is -0.512. The zero-order chi connectivity index (χ0) is 11.8. The van der Waals surface area contributed by atoms with Gasteiger partial charge in [-0.25, -0.2) is 4.79 Å². The molecule has 16 heavy (non-hydrogen) atoms. The number of carbonyl (C=O) groups excluding carboxylic acids is 2. The number of rotatable bonds is 1. The average Bonchev–Trinajstić information content (AvgIpc) is 2.54. The maximum Gasteiger partial charge on any atom is 0.345 e. The standard InChI is InChI=1S/C11H8N3O2/c1-11(9(15)13-10(16)14-11)8-4-2-7(6-12)3-5-8/h2-5H,1H3,(H,14,16)/t11-/m1/s1. The molecule has 1 heterocycles. The van der Waals surface area contributed by atoms with Crippen LogP contribution in [0.3, 0.4) is 0 Å². The third-order valence-electron chi connectivity index (χ3n) is 2.58. The zero-order valence-electron chi connectivity index (χ0n) is 8.52. The summed E-state index contributed by atoms with van der Waals surface area (Å²) in [7, 11) is 0. The highest BCUT2D eigenvalue weighted by molar-refractivity contribution is 6.06. The van der Waals surface area contributed by atoms with Gasteiger partial charge in [-0.1, -0.05) is 12.1 Å². The van der Waals surface area contributed by atoms with Gasteiger partial charge in [0.1, 0.15) is 5.54 Å². The molecule has 1 saturated heterocycles. The van der Waals surface area contributed by atoms with Crippen LogP contribution >= 0.6 is 0 Å². The Labute approximate surface area is 92.1 Å². The van der Waals surface area contributed by atoms with E-state index >= 15 is 0 Å². The smallest absolute Gasteiger partial charge is 0.318 e. The molecular weight excluding hydrogens is 206 g/mol. The molecule has 3 amide bonds. The number of hydrogen-bond donors (Lipinski definition) is 1. The van der Waals surface area contributed by atoms with Crippen molar-refractivity contribution in [2.24, 2.45) is 0 Å². The maximum atomic E-state index is 11.5. The fourth-order valence-corrected chi connectivity index (χ4v) is 1.57. The third kappa shape index (κ3) is 1.41. The first kappa shape index (κ1) is 10.2. The molecule has 5 nitrogen and oxygen atoms in total. The normalized spacial score (nSPS) is 23.5. The summed E-state index contributed by atoms with van der Waals surface area (Å²) in [6.07, 6.45) is 0. The fourth-order valence-electron chi connectivity index (χ4n) is 1.57. The van der Waals surface area contributed by atoms with E-state index in [1.807, 2.05) is 6.07 Å². The van der Waals surface area contributed by atoms with E-state index in [4.69, 9.17) is 5.26 Å². The van der Waals surface area contributed by atoms with Crippen molar-refractivity contribution in [1.29, 1.82) is 5.26 Å². The second-order valence-corrected chi connectivity index (χ2v) is 3.66. The Morgan fingerprint density at radius 3 is 2.38 bits per heavy atom. The SMILES string of the molecule is C[C@]1(c2ccc(C#N)cc2)NC(=O)[N]C1=O. The quantitative estimate of drug-likeness (QED) is 0.696. The van der Waals surface area contributed by atoms with E-state index in [0.29, 0.717) is 11.1 Å². The van der Waals surface area contributed by atoms with Crippen LogP contribution in [0.2, 0.25) is 0 Å². The number of nitrogens with one attached hydrogen (secondary N) is 1. The molecule has 0 spiro atoms. The summed E-state index contributed by atoms with van der Waals surface area (Å²) in [4.78, 5) is 22.6. The van der Waals surface area contributed by atoms with Crippen LogP contribution in [-0.4, -0.2) is 11.9 Å². The van der Waals surface area contributed by atoms with Crippen LogP contribution in [0.1, 0.15) is 18.1 Å². The molecule has 1 aromatic rings. The minimum absolute atomic E-state index is 0.501. The van der Waals surface area contributed by atoms with Crippen molar-refractivity contribution in [3.8, 4) is 6.07 Å². The topological polar surface area (TPSA) is 84.1 Å². The van der Waals surface area contributed by atoms with Crippen LogP contribution in [0.25, 0.3) is 0 Å². The van der Waals surface area contributed by atoms with Gasteiger partial charge >= 0.3 is 6.03 Å². The number of imide groups is 1. The summed E-state index contributed by atoms with van der Waals surface area (Å²) < 4.78 is 0. The fraction of sp³-hybridized carbons (Fsp3) is 0.182. The number of carbonyl (C=O) groups is 2. The van der Waals surface area contributed by atoms with Gasteiger partial charge in [0.25, 0.3) is 5.91 Å². The summed E-state index contributed by atoms with van der Waals surface area (Å²) in [6.45, 7) is 1.59. The summed E-state index contributed by atoms with van der Waals surface area (Å²) in [6, 6.07) is 7.82. The molecule has 1 aliphatic rings. The van der Waals surface area contributed by atoms with Crippen LogP contribution < -0.4 is 10.6 Å². The zero-order valence-corrected chi connectivity index (χ0v) is 8.52. The van der Waals surface area contributed by atoms with Gasteiger partial charge in [0, 0.05) is 0 Å². The predicted molar refractivity (Wildman–Crippen MR) is 54.2 cm³/mol. The lowest BCUT2D eigenvalue weighted by atomic mass is 9.92. The molecule has 1 radical (unpaired) electrons. The number of hydrogen-bond acceptors (Lipinski definition) is 3. The van der Waals surface area contributed by atoms with Gasteiger partial charge in [0.15, 0.2) is 0 Å². The number of urea groups is 1. The molecule has 2 rings (SSSR count). The summed E-state index contributed by atoms with van der Waals surface area (Å²) >= 11 is 0. The van der Waals surface area contributed by atoms with Gasteiger partial charge in [-0.05, 0) is 24.6 Å². The van der Waals surface area contributed by atoms with Crippen LogP contribution in [0.4, 0.5) is 4.79 Å². The lowest BCUT2D eigenvalue weighted by Gasteiger charge is -2.20. The molecule has 0 unspecified atom stereocenters. The Hall–Kier alpha value is -2.35. The molecule has 1 aliphatic heterocycles. The van der Waals surface area contributed by atoms with E-state index in [0.717, 1.165) is 0 Å². The van der Waals surface area contributed by atoms with E-state index in [9.17, 15) is 9.59 Å². The van der Waals surface area contributed by atoms with E-state index in [1.165, 1.54) is 0 Å². The molecule has 0 aliphatic carbocycles. The Balaban J connectivity index is 2.40. The highest BCUT2D eigenvalue weighted by atomic mass is 16.2. The van der Waals surface area contributed by atoms with Crippen molar-refractivity contribution in [2.45, 2.75) is 12.5 Å². The van der Waals surface area contributed by atoms with Gasteiger partial charge in [-0.2, -0.15) is 10.6 Å². The Morgan fingerprint density at radius 2 is 1.94 bits per heavy atom. The van der Waals surface area contributed by atoms with Crippen LogP contribution in [0.5, 0.6) is 0 Å². The van der Waals surface area contributed by atoms with Crippen molar-refractivity contribution in [3.05, 3.63) is 35.4 Å². The first-order valence-corrected chi connectivity index (χ1v) is 4.65. The van der Waals surface area contributed by atoms with Crippen LogP contribution in [-0.2, 0) is 10.3 Å². The molecule has 79 valence electrons. The lowest BCUT2D eigenvalue weighted by Crippen LogP contribution is -2.40. The van der Waals surface area contributed by atoms with Crippen molar-refractivity contribution >= 4 is 11.9 Å². The molecule has 5 heteroatoms. The van der Waals surface area contributed by atoms with E-state index < -0.39 is 17.5 Å². The number of nitrogens with zero attached hydrogens (tertiary/aromatic N) is 2. The van der Waals surface area contributed by atoms with Gasteiger partial charge in [-0.15, -0.1) is 0 Å². The number of amides is 3. The monoisotopic (exact) mass is 214 g/mol. The van der Waals surface area contributed by atoms with Gasteiger partial charge < -0.3 is 5.32 Å². The first-order valence-electron chi connectivity index (χ1n) is 4.65. The Bertz CT molecular complexity index is 501. The van der Waals surface area contributed by atoms with Gasteiger partial charge in [0.2, 0.25) is 0 Å². The molecule has 0 aromatic heterocycles. The molecule has 0 saturated carbocycles. The minimum Gasteiger partial charge on any atom is -0.318 e. The first-order chi connectivity index (χ1) is 7.56. The number of nitriles is 1. The summed E-state index contributed by atoms with van der Waals surface area (Å²) in [5, 5.41) is 14.4. The Kier molecular flexibility index (Phi) is 2.13. The molecule has 0 bridgehead atoms. The van der Waals surface area contributed by atoms with Gasteiger partial charge in [0.05, 0.1) is 11.6 Å². The number of benzene rings is 1. The van der Waals surface area contributed by atoms with Crippen LogP contribution in [0.15, 0.2) is 24.3 Å². The van der Waals surface area contributed by atoms with Crippen molar-refractivity contribution < 1.29 is 9.59 Å². The lowest BCUT2D eigenvalue weighted by molar-refractivity contribution is -0.123. The molecule has 1 atom stereocenters. The molecular formula is C11H8N3O2. The van der Waals surface area contributed by atoms with Crippen LogP contribution in [0, 0.1) is 11.3 Å². The largest absolute Gasteiger partial charge is 0.345 e. The third-order valence-corrected chi connectivity index (χ3v) is 2.58. The molecule has 1 fully saturated rings. The second-order valence-electron chi connectivity index (χ2n) is 3.66.